The third-order valence-corrected chi connectivity index (χ3v) is 4.02. The normalized spacial score (nSPS) is 10.7. The van der Waals surface area contributed by atoms with Crippen molar-refractivity contribution in [3.63, 3.8) is 0 Å². The van der Waals surface area contributed by atoms with Crippen molar-refractivity contribution in [3.8, 4) is 11.5 Å². The van der Waals surface area contributed by atoms with Crippen LogP contribution in [0.5, 0.6) is 11.5 Å². The molecule has 1 aromatic heterocycles. The maximum Gasteiger partial charge on any atom is 0.345 e. The minimum Gasteiger partial charge on any atom is -0.454 e. The summed E-state index contributed by atoms with van der Waals surface area (Å²) in [4.78, 5) is 24.9. The van der Waals surface area contributed by atoms with Crippen LogP contribution in [0.3, 0.4) is 0 Å². The molecule has 1 N–H and O–H groups in total. The van der Waals surface area contributed by atoms with Gasteiger partial charge in [-0.05, 0) is 42.0 Å². The number of H-pyrrole nitrogens is 1. The molecule has 0 saturated heterocycles. The lowest BCUT2D eigenvalue weighted by Crippen LogP contribution is -2.31. The van der Waals surface area contributed by atoms with Crippen LogP contribution in [0.1, 0.15) is 5.56 Å². The summed E-state index contributed by atoms with van der Waals surface area (Å²) in [6, 6.07) is 9.96. The van der Waals surface area contributed by atoms with E-state index in [9.17, 15) is 9.59 Å². The van der Waals surface area contributed by atoms with E-state index in [1.54, 1.807) is 36.4 Å². The van der Waals surface area contributed by atoms with Gasteiger partial charge in [-0.25, -0.2) is 9.48 Å². The summed E-state index contributed by atoms with van der Waals surface area (Å²) in [7, 11) is 0. The van der Waals surface area contributed by atoms with Crippen LogP contribution in [0.4, 0.5) is 0 Å². The number of ether oxygens (including phenoxy) is 1. The standard InChI is InChI=1S/C16H10Cl3N3O3/c17-10-1-3-11(4-2-10)25-15-12(18)5-9(6-13(15)19)8-22-16(24)21-14(23)7-20-22/h1-7H,8H2,(H,21,23,24). The monoisotopic (exact) mass is 397 g/mol. The van der Waals surface area contributed by atoms with Crippen LogP contribution in [0, 0.1) is 0 Å². The van der Waals surface area contributed by atoms with Gasteiger partial charge in [0.15, 0.2) is 5.75 Å². The van der Waals surface area contributed by atoms with Gasteiger partial charge in [0, 0.05) is 5.02 Å². The largest absolute Gasteiger partial charge is 0.454 e. The van der Waals surface area contributed by atoms with Crippen molar-refractivity contribution in [2.24, 2.45) is 0 Å². The maximum absolute atomic E-state index is 11.7. The number of benzene rings is 2. The van der Waals surface area contributed by atoms with Gasteiger partial charge in [-0.2, -0.15) is 5.10 Å². The van der Waals surface area contributed by atoms with Crippen molar-refractivity contribution < 1.29 is 4.74 Å². The minimum atomic E-state index is -0.624. The van der Waals surface area contributed by atoms with Crippen molar-refractivity contribution in [1.82, 2.24) is 14.8 Å². The second-order valence-corrected chi connectivity index (χ2v) is 6.29. The molecule has 0 spiro atoms. The third kappa shape index (κ3) is 4.22. The first kappa shape index (κ1) is 17.5. The van der Waals surface area contributed by atoms with E-state index in [1.807, 2.05) is 0 Å². The lowest BCUT2D eigenvalue weighted by atomic mass is 10.2. The Labute approximate surface area is 156 Å². The fraction of sp³-hybridized carbons (Fsp3) is 0.0625. The Kier molecular flexibility index (Phi) is 5.13. The van der Waals surface area contributed by atoms with E-state index in [0.717, 1.165) is 10.9 Å². The number of aromatic amines is 1. The number of nitrogens with zero attached hydrogens (tertiary/aromatic N) is 2. The van der Waals surface area contributed by atoms with Crippen LogP contribution >= 0.6 is 34.8 Å². The van der Waals surface area contributed by atoms with Gasteiger partial charge in [0.25, 0.3) is 5.56 Å². The molecule has 2 aromatic carbocycles. The van der Waals surface area contributed by atoms with E-state index in [1.165, 1.54) is 0 Å². The zero-order valence-electron chi connectivity index (χ0n) is 12.5. The summed E-state index contributed by atoms with van der Waals surface area (Å²) < 4.78 is 6.77. The van der Waals surface area contributed by atoms with Crippen LogP contribution in [-0.2, 0) is 6.54 Å². The van der Waals surface area contributed by atoms with Gasteiger partial charge in [0.1, 0.15) is 11.9 Å². The highest BCUT2D eigenvalue weighted by molar-refractivity contribution is 6.37. The fourth-order valence-electron chi connectivity index (χ4n) is 2.08. The summed E-state index contributed by atoms with van der Waals surface area (Å²) in [5.74, 6) is 0.815. The highest BCUT2D eigenvalue weighted by Gasteiger charge is 2.12. The molecule has 3 aromatic rings. The molecule has 9 heteroatoms. The average molecular weight is 399 g/mol. The first-order valence-corrected chi connectivity index (χ1v) is 8.13. The second-order valence-electron chi connectivity index (χ2n) is 5.04. The highest BCUT2D eigenvalue weighted by atomic mass is 35.5. The predicted molar refractivity (Wildman–Crippen MR) is 96.2 cm³/mol. The Morgan fingerprint density at radius 1 is 1.04 bits per heavy atom. The van der Waals surface area contributed by atoms with E-state index in [2.05, 4.69) is 10.1 Å². The molecule has 0 atom stereocenters. The maximum atomic E-state index is 11.7. The molecule has 0 unspecified atom stereocenters. The summed E-state index contributed by atoms with van der Waals surface area (Å²) in [6.45, 7) is 0.0935. The number of hydrogen-bond donors (Lipinski definition) is 1. The van der Waals surface area contributed by atoms with Crippen molar-refractivity contribution in [2.45, 2.75) is 6.54 Å². The average Bonchev–Trinajstić information content (AvgIpc) is 2.55. The molecule has 128 valence electrons. The van der Waals surface area contributed by atoms with Crippen molar-refractivity contribution >= 4 is 34.8 Å². The molecule has 3 rings (SSSR count). The summed E-state index contributed by atoms with van der Waals surface area (Å²) in [5.41, 5.74) is -0.564. The second kappa shape index (κ2) is 7.31. The molecule has 6 nitrogen and oxygen atoms in total. The molecule has 0 radical (unpaired) electrons. The molecular formula is C16H10Cl3N3O3. The number of aromatic nitrogens is 3. The van der Waals surface area contributed by atoms with Crippen LogP contribution in [-0.4, -0.2) is 14.8 Å². The Bertz CT molecular complexity index is 1010. The zero-order valence-corrected chi connectivity index (χ0v) is 14.8. The van der Waals surface area contributed by atoms with E-state index < -0.39 is 11.2 Å². The van der Waals surface area contributed by atoms with Gasteiger partial charge < -0.3 is 4.74 Å². The number of halogens is 3. The van der Waals surface area contributed by atoms with Gasteiger partial charge in [0.2, 0.25) is 0 Å². The van der Waals surface area contributed by atoms with Crippen LogP contribution in [0.25, 0.3) is 0 Å². The van der Waals surface area contributed by atoms with Crippen molar-refractivity contribution in [2.75, 3.05) is 0 Å². The Balaban J connectivity index is 1.88. The molecular weight excluding hydrogens is 389 g/mol. The molecule has 0 saturated carbocycles. The first-order chi connectivity index (χ1) is 11.9. The van der Waals surface area contributed by atoms with Crippen molar-refractivity contribution in [1.29, 1.82) is 0 Å². The number of rotatable bonds is 4. The van der Waals surface area contributed by atoms with Crippen molar-refractivity contribution in [3.05, 3.63) is 84.1 Å². The topological polar surface area (TPSA) is 77.0 Å². The van der Waals surface area contributed by atoms with E-state index in [4.69, 9.17) is 39.5 Å². The molecule has 0 amide bonds. The van der Waals surface area contributed by atoms with Crippen LogP contribution in [0.2, 0.25) is 15.1 Å². The smallest absolute Gasteiger partial charge is 0.345 e. The Hall–Kier alpha value is -2.28. The molecule has 0 aliphatic carbocycles. The molecule has 0 aliphatic rings. The molecule has 0 bridgehead atoms. The Morgan fingerprint density at radius 2 is 1.68 bits per heavy atom. The van der Waals surface area contributed by atoms with Crippen LogP contribution in [0.15, 0.2) is 52.2 Å². The predicted octanol–water partition coefficient (Wildman–Crippen LogP) is 3.73. The van der Waals surface area contributed by atoms with E-state index in [0.29, 0.717) is 16.3 Å². The van der Waals surface area contributed by atoms with Gasteiger partial charge >= 0.3 is 5.69 Å². The minimum absolute atomic E-state index is 0.0935. The third-order valence-electron chi connectivity index (χ3n) is 3.20. The molecule has 1 heterocycles. The SMILES string of the molecule is O=c1cnn(Cc2cc(Cl)c(Oc3ccc(Cl)cc3)c(Cl)c2)c(=O)[nH]1. The summed E-state index contributed by atoms with van der Waals surface area (Å²) in [6.07, 6.45) is 1.02. The van der Waals surface area contributed by atoms with Gasteiger partial charge in [0.05, 0.1) is 16.6 Å². The van der Waals surface area contributed by atoms with Gasteiger partial charge in [-0.3, -0.25) is 9.78 Å². The van der Waals surface area contributed by atoms with E-state index in [-0.39, 0.29) is 22.3 Å². The lowest BCUT2D eigenvalue weighted by molar-refractivity contribution is 0.482. The zero-order chi connectivity index (χ0) is 18.0. The van der Waals surface area contributed by atoms with E-state index >= 15 is 0 Å². The Morgan fingerprint density at radius 3 is 2.28 bits per heavy atom. The van der Waals surface area contributed by atoms with Gasteiger partial charge in [-0.1, -0.05) is 34.8 Å². The molecule has 0 fully saturated rings. The van der Waals surface area contributed by atoms with Gasteiger partial charge in [-0.15, -0.1) is 0 Å². The lowest BCUT2D eigenvalue weighted by Gasteiger charge is -2.12. The first-order valence-electron chi connectivity index (χ1n) is 7.00. The summed E-state index contributed by atoms with van der Waals surface area (Å²) >= 11 is 18.3. The highest BCUT2D eigenvalue weighted by Crippen LogP contribution is 2.37. The van der Waals surface area contributed by atoms with Crippen LogP contribution < -0.4 is 16.0 Å². The number of hydrogen-bond acceptors (Lipinski definition) is 4. The molecule has 0 aliphatic heterocycles. The molecule has 25 heavy (non-hydrogen) atoms. The fourth-order valence-corrected chi connectivity index (χ4v) is 2.82. The quantitative estimate of drug-likeness (QED) is 0.726. The number of nitrogens with one attached hydrogen (secondary N) is 1. The summed E-state index contributed by atoms with van der Waals surface area (Å²) in [5, 5.41) is 4.89.